The van der Waals surface area contributed by atoms with Gasteiger partial charge < -0.3 is 4.90 Å². The quantitative estimate of drug-likeness (QED) is 0.660. The number of nitrogens with zero attached hydrogens (tertiary/aromatic N) is 2. The van der Waals surface area contributed by atoms with Gasteiger partial charge in [-0.3, -0.25) is 4.99 Å². The molecule has 1 saturated carbocycles. The summed E-state index contributed by atoms with van der Waals surface area (Å²) < 4.78 is 0. The van der Waals surface area contributed by atoms with Gasteiger partial charge in [0, 0.05) is 13.1 Å². The van der Waals surface area contributed by atoms with E-state index >= 15 is 0 Å². The molecule has 0 aromatic carbocycles. The number of alkyl halides is 1. The maximum Gasteiger partial charge on any atom is 0.114 e. The Bertz CT molecular complexity index is 209. The molecule has 0 radical (unpaired) electrons. The predicted molar refractivity (Wildman–Crippen MR) is 61.2 cm³/mol. The maximum atomic E-state index is 5.85. The van der Waals surface area contributed by atoms with E-state index in [-0.39, 0.29) is 0 Å². The van der Waals surface area contributed by atoms with Gasteiger partial charge in [-0.25, -0.2) is 0 Å². The molecule has 0 atom stereocenters. The molecule has 80 valence electrons. The molecule has 2 aliphatic rings. The van der Waals surface area contributed by atoms with Crippen LogP contribution in [0.5, 0.6) is 0 Å². The lowest BCUT2D eigenvalue weighted by molar-refractivity contribution is 0.284. The van der Waals surface area contributed by atoms with E-state index < -0.39 is 0 Å². The van der Waals surface area contributed by atoms with Crippen molar-refractivity contribution in [2.24, 2.45) is 10.9 Å². The lowest BCUT2D eigenvalue weighted by Crippen LogP contribution is -2.34. The highest BCUT2D eigenvalue weighted by Crippen LogP contribution is 2.25. The van der Waals surface area contributed by atoms with Gasteiger partial charge in [0.15, 0.2) is 0 Å². The summed E-state index contributed by atoms with van der Waals surface area (Å²) in [7, 11) is 0. The molecule has 0 spiro atoms. The molecule has 1 fully saturated rings. The summed E-state index contributed by atoms with van der Waals surface area (Å²) in [5, 5.41) is 0. The smallest absolute Gasteiger partial charge is 0.114 e. The molecule has 1 aliphatic carbocycles. The van der Waals surface area contributed by atoms with Gasteiger partial charge in [-0.15, -0.1) is 11.6 Å². The first-order valence-electron chi connectivity index (χ1n) is 5.74. The van der Waals surface area contributed by atoms with Gasteiger partial charge in [-0.2, -0.15) is 0 Å². The Kier molecular flexibility index (Phi) is 3.68. The van der Waals surface area contributed by atoms with Crippen LogP contribution in [0, 0.1) is 5.92 Å². The van der Waals surface area contributed by atoms with E-state index in [1.807, 2.05) is 0 Å². The second-order valence-corrected chi connectivity index (χ2v) is 4.65. The van der Waals surface area contributed by atoms with E-state index in [0.717, 1.165) is 24.8 Å². The Morgan fingerprint density at radius 2 is 2.07 bits per heavy atom. The molecule has 0 aromatic heterocycles. The third kappa shape index (κ3) is 2.41. The molecule has 0 amide bonds. The van der Waals surface area contributed by atoms with Crippen LogP contribution in [0.2, 0.25) is 0 Å². The third-order valence-corrected chi connectivity index (χ3v) is 3.59. The SMILES string of the molecule is ClCC1=NCCN1CC1CCCCC1. The van der Waals surface area contributed by atoms with E-state index in [9.17, 15) is 0 Å². The summed E-state index contributed by atoms with van der Waals surface area (Å²) in [4.78, 5) is 6.80. The number of hydrogen-bond donors (Lipinski definition) is 0. The number of hydrogen-bond acceptors (Lipinski definition) is 2. The monoisotopic (exact) mass is 214 g/mol. The Hall–Kier alpha value is -0.240. The van der Waals surface area contributed by atoms with E-state index in [4.69, 9.17) is 11.6 Å². The van der Waals surface area contributed by atoms with Crippen molar-refractivity contribution in [2.45, 2.75) is 32.1 Å². The zero-order valence-corrected chi connectivity index (χ0v) is 9.47. The zero-order chi connectivity index (χ0) is 9.80. The standard InChI is InChI=1S/C11H19ClN2/c12-8-11-13-6-7-14(11)9-10-4-2-1-3-5-10/h10H,1-9H2. The average molecular weight is 215 g/mol. The minimum absolute atomic E-state index is 0.590. The van der Waals surface area contributed by atoms with Gasteiger partial charge in [0.1, 0.15) is 5.84 Å². The molecule has 0 saturated heterocycles. The zero-order valence-electron chi connectivity index (χ0n) is 8.71. The Morgan fingerprint density at radius 1 is 1.29 bits per heavy atom. The first kappa shape index (κ1) is 10.3. The van der Waals surface area contributed by atoms with Gasteiger partial charge in [-0.05, 0) is 18.8 Å². The summed E-state index contributed by atoms with van der Waals surface area (Å²) in [6.07, 6.45) is 7.10. The van der Waals surface area contributed by atoms with Gasteiger partial charge in [0.2, 0.25) is 0 Å². The fourth-order valence-electron chi connectivity index (χ4n) is 2.53. The minimum atomic E-state index is 0.590. The highest BCUT2D eigenvalue weighted by atomic mass is 35.5. The molecular formula is C11H19ClN2. The Morgan fingerprint density at radius 3 is 2.79 bits per heavy atom. The van der Waals surface area contributed by atoms with Crippen molar-refractivity contribution in [3.05, 3.63) is 0 Å². The normalized spacial score (nSPS) is 24.1. The molecular weight excluding hydrogens is 196 g/mol. The van der Waals surface area contributed by atoms with E-state index in [2.05, 4.69) is 9.89 Å². The average Bonchev–Trinajstić information content (AvgIpc) is 2.67. The summed E-state index contributed by atoms with van der Waals surface area (Å²) in [6.45, 7) is 3.25. The van der Waals surface area contributed by atoms with Gasteiger partial charge in [-0.1, -0.05) is 19.3 Å². The second kappa shape index (κ2) is 5.01. The number of halogens is 1. The lowest BCUT2D eigenvalue weighted by atomic mass is 9.89. The van der Waals surface area contributed by atoms with Crippen LogP contribution in [0.25, 0.3) is 0 Å². The van der Waals surface area contributed by atoms with Crippen molar-refractivity contribution in [3.63, 3.8) is 0 Å². The van der Waals surface area contributed by atoms with Gasteiger partial charge in [0.25, 0.3) is 0 Å². The minimum Gasteiger partial charge on any atom is -0.357 e. The molecule has 0 aromatic rings. The number of rotatable bonds is 3. The van der Waals surface area contributed by atoms with Crippen LogP contribution >= 0.6 is 11.6 Å². The largest absolute Gasteiger partial charge is 0.357 e. The van der Waals surface area contributed by atoms with Crippen LogP contribution in [0.1, 0.15) is 32.1 Å². The number of amidine groups is 1. The van der Waals surface area contributed by atoms with Crippen molar-refractivity contribution in [1.82, 2.24) is 4.90 Å². The summed E-state index contributed by atoms with van der Waals surface area (Å²) in [6, 6.07) is 0. The summed E-state index contributed by atoms with van der Waals surface area (Å²) in [5.74, 6) is 2.61. The van der Waals surface area contributed by atoms with E-state index in [1.54, 1.807) is 0 Å². The van der Waals surface area contributed by atoms with Crippen LogP contribution in [0.3, 0.4) is 0 Å². The Balaban J connectivity index is 1.81. The summed E-state index contributed by atoms with van der Waals surface area (Å²) >= 11 is 5.85. The first-order chi connectivity index (χ1) is 6.90. The molecule has 1 heterocycles. The lowest BCUT2D eigenvalue weighted by Gasteiger charge is -2.28. The third-order valence-electron chi connectivity index (χ3n) is 3.35. The summed E-state index contributed by atoms with van der Waals surface area (Å²) in [5.41, 5.74) is 0. The van der Waals surface area contributed by atoms with Gasteiger partial charge >= 0.3 is 0 Å². The van der Waals surface area contributed by atoms with Crippen molar-refractivity contribution >= 4 is 17.4 Å². The molecule has 2 rings (SSSR count). The molecule has 0 unspecified atom stereocenters. The predicted octanol–water partition coefficient (Wildman–Crippen LogP) is 2.52. The van der Waals surface area contributed by atoms with E-state index in [0.29, 0.717) is 5.88 Å². The molecule has 14 heavy (non-hydrogen) atoms. The number of aliphatic imine (C=N–C) groups is 1. The van der Waals surface area contributed by atoms with E-state index in [1.165, 1.54) is 38.6 Å². The molecule has 0 N–H and O–H groups in total. The maximum absolute atomic E-state index is 5.85. The molecule has 2 nitrogen and oxygen atoms in total. The molecule has 3 heteroatoms. The van der Waals surface area contributed by atoms with Crippen molar-refractivity contribution in [3.8, 4) is 0 Å². The van der Waals surface area contributed by atoms with Crippen LogP contribution in [-0.2, 0) is 0 Å². The molecule has 0 bridgehead atoms. The topological polar surface area (TPSA) is 15.6 Å². The first-order valence-corrected chi connectivity index (χ1v) is 6.28. The molecule has 1 aliphatic heterocycles. The van der Waals surface area contributed by atoms with Crippen molar-refractivity contribution in [1.29, 1.82) is 0 Å². The van der Waals surface area contributed by atoms with Crippen molar-refractivity contribution in [2.75, 3.05) is 25.5 Å². The van der Waals surface area contributed by atoms with Crippen LogP contribution in [0.15, 0.2) is 4.99 Å². The van der Waals surface area contributed by atoms with Gasteiger partial charge in [0.05, 0.1) is 12.4 Å². The van der Waals surface area contributed by atoms with Crippen LogP contribution in [0.4, 0.5) is 0 Å². The Labute approximate surface area is 91.3 Å². The van der Waals surface area contributed by atoms with Crippen molar-refractivity contribution < 1.29 is 0 Å². The second-order valence-electron chi connectivity index (χ2n) is 4.38. The highest BCUT2D eigenvalue weighted by molar-refractivity contribution is 6.28. The van der Waals surface area contributed by atoms with Crippen LogP contribution in [-0.4, -0.2) is 36.2 Å². The van der Waals surface area contributed by atoms with Crippen LogP contribution < -0.4 is 0 Å². The fraction of sp³-hybridized carbons (Fsp3) is 0.909. The highest BCUT2D eigenvalue weighted by Gasteiger charge is 2.21. The fourth-order valence-corrected chi connectivity index (χ4v) is 2.79.